The number of halogens is 2. The van der Waals surface area contributed by atoms with E-state index in [1.54, 1.807) is 13.2 Å². The molecule has 0 bridgehead atoms. The Morgan fingerprint density at radius 2 is 1.84 bits per heavy atom. The number of fused-ring (bicyclic) bond motifs is 3. The molecule has 2 heterocycles. The molecule has 1 amide bonds. The predicted octanol–water partition coefficient (Wildman–Crippen LogP) is 6.27. The maximum atomic E-state index is 13.5. The van der Waals surface area contributed by atoms with Crippen molar-refractivity contribution < 1.29 is 9.53 Å². The fourth-order valence-corrected chi connectivity index (χ4v) is 4.70. The summed E-state index contributed by atoms with van der Waals surface area (Å²) in [5, 5.41) is 2.08. The van der Waals surface area contributed by atoms with Gasteiger partial charge in [-0.25, -0.2) is 0 Å². The van der Waals surface area contributed by atoms with Crippen LogP contribution in [0, 0.1) is 0 Å². The number of nitrogens with one attached hydrogen (secondary N) is 1. The summed E-state index contributed by atoms with van der Waals surface area (Å²) in [6.07, 6.45) is 0.749. The Hall–Kier alpha value is -2.95. The molecule has 0 saturated heterocycles. The van der Waals surface area contributed by atoms with Crippen molar-refractivity contribution in [1.29, 1.82) is 0 Å². The lowest BCUT2D eigenvalue weighted by Crippen LogP contribution is -2.40. The van der Waals surface area contributed by atoms with Gasteiger partial charge in [0, 0.05) is 28.7 Å². The number of carbonyl (C=O) groups excluding carboxylic acids is 1. The molecule has 3 aromatic carbocycles. The fraction of sp³-hybridized carbons (Fsp3) is 0.160. The molecule has 6 heteroatoms. The molecular weight excluding hydrogens is 431 g/mol. The van der Waals surface area contributed by atoms with Crippen LogP contribution in [-0.2, 0) is 6.42 Å². The van der Waals surface area contributed by atoms with Crippen molar-refractivity contribution in [3.05, 3.63) is 99.2 Å². The highest BCUT2D eigenvalue weighted by atomic mass is 35.5. The lowest BCUT2D eigenvalue weighted by atomic mass is 9.91. The second-order valence-electron chi connectivity index (χ2n) is 7.62. The number of nitrogens with zero attached hydrogens (tertiary/aromatic N) is 1. The van der Waals surface area contributed by atoms with Gasteiger partial charge in [0.25, 0.3) is 5.91 Å². The van der Waals surface area contributed by atoms with Crippen LogP contribution < -0.4 is 4.74 Å². The SMILES string of the molecule is COc1ccc2[nH]c3c(c2c1)CCN(C(=O)c1ccccc1)C3c1ccc(Cl)c(Cl)c1. The number of amides is 1. The van der Waals surface area contributed by atoms with Gasteiger partial charge in [-0.2, -0.15) is 0 Å². The minimum absolute atomic E-state index is 0.0152. The smallest absolute Gasteiger partial charge is 0.254 e. The fourth-order valence-electron chi connectivity index (χ4n) is 4.39. The summed E-state index contributed by atoms with van der Waals surface area (Å²) in [4.78, 5) is 19.0. The number of methoxy groups -OCH3 is 1. The molecule has 1 atom stereocenters. The Bertz CT molecular complexity index is 1280. The largest absolute Gasteiger partial charge is 0.497 e. The van der Waals surface area contributed by atoms with Gasteiger partial charge in [-0.15, -0.1) is 0 Å². The van der Waals surface area contributed by atoms with Gasteiger partial charge in [0.1, 0.15) is 5.75 Å². The van der Waals surface area contributed by atoms with Crippen molar-refractivity contribution in [2.24, 2.45) is 0 Å². The lowest BCUT2D eigenvalue weighted by molar-refractivity contribution is 0.0692. The zero-order chi connectivity index (χ0) is 21.5. The molecule has 1 aromatic heterocycles. The zero-order valence-electron chi connectivity index (χ0n) is 16.9. The monoisotopic (exact) mass is 450 g/mol. The van der Waals surface area contributed by atoms with E-state index < -0.39 is 0 Å². The van der Waals surface area contributed by atoms with E-state index in [1.807, 2.05) is 65.6 Å². The minimum atomic E-state index is -0.301. The van der Waals surface area contributed by atoms with Crippen LogP contribution in [-0.4, -0.2) is 29.4 Å². The molecule has 4 aromatic rings. The molecule has 1 aliphatic rings. The van der Waals surface area contributed by atoms with Crippen LogP contribution in [0.1, 0.15) is 33.2 Å². The third kappa shape index (κ3) is 3.46. The van der Waals surface area contributed by atoms with E-state index in [9.17, 15) is 4.79 Å². The number of carbonyl (C=O) groups is 1. The number of rotatable bonds is 3. The van der Waals surface area contributed by atoms with Crippen LogP contribution >= 0.6 is 23.2 Å². The summed E-state index contributed by atoms with van der Waals surface area (Å²) in [5.74, 6) is 0.793. The van der Waals surface area contributed by atoms with E-state index in [1.165, 1.54) is 5.56 Å². The number of benzene rings is 3. The average molecular weight is 451 g/mol. The standard InChI is InChI=1S/C25H20Cl2N2O2/c1-31-17-8-10-22-19(14-17)18-11-12-29(25(30)15-5-3-2-4-6-15)24(23(18)28-22)16-7-9-20(26)21(27)13-16/h2-10,13-14,24,28H,11-12H2,1H3. The summed E-state index contributed by atoms with van der Waals surface area (Å²) in [6, 6.07) is 20.6. The molecule has 1 unspecified atom stereocenters. The molecule has 31 heavy (non-hydrogen) atoms. The summed E-state index contributed by atoms with van der Waals surface area (Å²) >= 11 is 12.5. The first-order chi connectivity index (χ1) is 15.1. The maximum Gasteiger partial charge on any atom is 0.254 e. The minimum Gasteiger partial charge on any atom is -0.497 e. The zero-order valence-corrected chi connectivity index (χ0v) is 18.4. The van der Waals surface area contributed by atoms with Gasteiger partial charge in [0.2, 0.25) is 0 Å². The summed E-state index contributed by atoms with van der Waals surface area (Å²) in [6.45, 7) is 0.593. The van der Waals surface area contributed by atoms with E-state index >= 15 is 0 Å². The summed E-state index contributed by atoms with van der Waals surface area (Å²) in [5.41, 5.74) is 4.79. The molecule has 0 radical (unpaired) electrons. The highest BCUT2D eigenvalue weighted by molar-refractivity contribution is 6.42. The molecule has 4 nitrogen and oxygen atoms in total. The topological polar surface area (TPSA) is 45.3 Å². The van der Waals surface area contributed by atoms with Gasteiger partial charge in [-0.1, -0.05) is 47.5 Å². The normalized spacial score (nSPS) is 15.7. The summed E-state index contributed by atoms with van der Waals surface area (Å²) in [7, 11) is 1.67. The Morgan fingerprint density at radius 1 is 1.03 bits per heavy atom. The number of aromatic amines is 1. The third-order valence-corrected chi connectivity index (χ3v) is 6.61. The second-order valence-corrected chi connectivity index (χ2v) is 8.43. The van der Waals surface area contributed by atoms with Crippen LogP contribution in [0.3, 0.4) is 0 Å². The highest BCUT2D eigenvalue weighted by Gasteiger charge is 2.35. The quantitative estimate of drug-likeness (QED) is 0.399. The van der Waals surface area contributed by atoms with Gasteiger partial charge < -0.3 is 14.6 Å². The Morgan fingerprint density at radius 3 is 2.58 bits per heavy atom. The number of H-pyrrole nitrogens is 1. The molecule has 0 saturated carbocycles. The Labute approximate surface area is 190 Å². The molecule has 1 N–H and O–H groups in total. The van der Waals surface area contributed by atoms with E-state index in [0.29, 0.717) is 22.2 Å². The number of aromatic nitrogens is 1. The first-order valence-electron chi connectivity index (χ1n) is 10.1. The molecule has 156 valence electrons. The number of ether oxygens (including phenoxy) is 1. The van der Waals surface area contributed by atoms with Crippen molar-refractivity contribution >= 4 is 40.0 Å². The van der Waals surface area contributed by atoms with Crippen LogP contribution in [0.25, 0.3) is 10.9 Å². The van der Waals surface area contributed by atoms with Crippen molar-refractivity contribution in [3.63, 3.8) is 0 Å². The first-order valence-corrected chi connectivity index (χ1v) is 10.8. The van der Waals surface area contributed by atoms with Crippen LogP contribution in [0.4, 0.5) is 0 Å². The first kappa shape index (κ1) is 20.0. The van der Waals surface area contributed by atoms with E-state index in [4.69, 9.17) is 27.9 Å². The number of hydrogen-bond acceptors (Lipinski definition) is 2. The third-order valence-electron chi connectivity index (χ3n) is 5.88. The van der Waals surface area contributed by atoms with Gasteiger partial charge >= 0.3 is 0 Å². The predicted molar refractivity (Wildman–Crippen MR) is 124 cm³/mol. The molecule has 0 aliphatic carbocycles. The maximum absolute atomic E-state index is 13.5. The lowest BCUT2D eigenvalue weighted by Gasteiger charge is -2.36. The van der Waals surface area contributed by atoms with Crippen molar-refractivity contribution in [3.8, 4) is 5.75 Å². The number of hydrogen-bond donors (Lipinski definition) is 1. The second kappa shape index (κ2) is 7.95. The van der Waals surface area contributed by atoms with Crippen LogP contribution in [0.5, 0.6) is 5.75 Å². The Kier molecular flexibility index (Phi) is 5.12. The summed E-state index contributed by atoms with van der Waals surface area (Å²) < 4.78 is 5.43. The van der Waals surface area contributed by atoms with Crippen molar-refractivity contribution in [2.75, 3.05) is 13.7 Å². The van der Waals surface area contributed by atoms with E-state index in [2.05, 4.69) is 4.98 Å². The Balaban J connectivity index is 1.69. The van der Waals surface area contributed by atoms with Gasteiger partial charge in [0.05, 0.1) is 23.2 Å². The van der Waals surface area contributed by atoms with Crippen molar-refractivity contribution in [1.82, 2.24) is 9.88 Å². The van der Waals surface area contributed by atoms with Crippen molar-refractivity contribution in [2.45, 2.75) is 12.5 Å². The van der Waals surface area contributed by atoms with Crippen LogP contribution in [0.15, 0.2) is 66.7 Å². The molecule has 5 rings (SSSR count). The van der Waals surface area contributed by atoms with Crippen LogP contribution in [0.2, 0.25) is 10.0 Å². The molecule has 0 spiro atoms. The van der Waals surface area contributed by atoms with E-state index in [-0.39, 0.29) is 11.9 Å². The van der Waals surface area contributed by atoms with Gasteiger partial charge in [0.15, 0.2) is 0 Å². The average Bonchev–Trinajstić information content (AvgIpc) is 3.18. The highest BCUT2D eigenvalue weighted by Crippen LogP contribution is 2.41. The molecular formula is C25H20Cl2N2O2. The molecule has 1 aliphatic heterocycles. The van der Waals surface area contributed by atoms with Gasteiger partial charge in [-0.3, -0.25) is 4.79 Å². The van der Waals surface area contributed by atoms with E-state index in [0.717, 1.165) is 34.3 Å². The van der Waals surface area contributed by atoms with Gasteiger partial charge in [-0.05, 0) is 60.0 Å². The molecule has 0 fully saturated rings.